The molecular formula is C19H17FN4O. The number of aryl methyl sites for hydroxylation is 2. The van der Waals surface area contributed by atoms with Crippen LogP contribution in [0.5, 0.6) is 0 Å². The summed E-state index contributed by atoms with van der Waals surface area (Å²) in [5.41, 5.74) is 3.47. The number of benzene rings is 2. The Hall–Kier alpha value is -3.28. The van der Waals surface area contributed by atoms with Gasteiger partial charge in [-0.15, -0.1) is 0 Å². The molecule has 25 heavy (non-hydrogen) atoms. The second-order valence-electron chi connectivity index (χ2n) is 5.64. The number of halogens is 1. The van der Waals surface area contributed by atoms with Gasteiger partial charge >= 0.3 is 0 Å². The number of hydrogen-bond donors (Lipinski definition) is 2. The maximum Gasteiger partial charge on any atom is 0.275 e. The molecule has 5 nitrogen and oxygen atoms in total. The monoisotopic (exact) mass is 336 g/mol. The second-order valence-corrected chi connectivity index (χ2v) is 5.64. The van der Waals surface area contributed by atoms with Gasteiger partial charge in [0.25, 0.3) is 5.91 Å². The number of amides is 1. The third-order valence-corrected chi connectivity index (χ3v) is 3.79. The van der Waals surface area contributed by atoms with Gasteiger partial charge in [0, 0.05) is 5.69 Å². The molecule has 1 heterocycles. The number of anilines is 3. The smallest absolute Gasteiger partial charge is 0.275 e. The van der Waals surface area contributed by atoms with Crippen LogP contribution in [-0.2, 0) is 0 Å². The van der Waals surface area contributed by atoms with Crippen LogP contribution in [0, 0.1) is 19.7 Å². The van der Waals surface area contributed by atoms with Crippen molar-refractivity contribution in [2.75, 3.05) is 10.6 Å². The van der Waals surface area contributed by atoms with Crippen LogP contribution in [0.1, 0.15) is 21.6 Å². The van der Waals surface area contributed by atoms with Gasteiger partial charge in [-0.1, -0.05) is 18.2 Å². The Morgan fingerprint density at radius 3 is 2.48 bits per heavy atom. The van der Waals surface area contributed by atoms with Gasteiger partial charge in [-0.2, -0.15) is 0 Å². The molecule has 0 aliphatic rings. The molecule has 1 aromatic heterocycles. The van der Waals surface area contributed by atoms with Crippen LogP contribution in [0.25, 0.3) is 0 Å². The highest BCUT2D eigenvalue weighted by atomic mass is 19.1. The van der Waals surface area contributed by atoms with Crippen molar-refractivity contribution >= 4 is 23.1 Å². The van der Waals surface area contributed by atoms with Crippen LogP contribution >= 0.6 is 0 Å². The largest absolute Gasteiger partial charge is 0.339 e. The first-order valence-corrected chi connectivity index (χ1v) is 7.75. The third kappa shape index (κ3) is 3.98. The lowest BCUT2D eigenvalue weighted by molar-refractivity contribution is 0.102. The van der Waals surface area contributed by atoms with E-state index in [-0.39, 0.29) is 11.4 Å². The first-order chi connectivity index (χ1) is 12.0. The van der Waals surface area contributed by atoms with Crippen molar-refractivity contribution in [2.24, 2.45) is 0 Å². The number of nitrogens with one attached hydrogen (secondary N) is 2. The van der Waals surface area contributed by atoms with Crippen LogP contribution in [0.15, 0.2) is 54.9 Å². The Labute approximate surface area is 145 Å². The van der Waals surface area contributed by atoms with Crippen molar-refractivity contribution < 1.29 is 9.18 Å². The average Bonchev–Trinajstić information content (AvgIpc) is 2.61. The minimum atomic E-state index is -0.518. The van der Waals surface area contributed by atoms with E-state index in [1.807, 2.05) is 32.0 Å². The van der Waals surface area contributed by atoms with Gasteiger partial charge < -0.3 is 10.6 Å². The molecule has 1 amide bonds. The fourth-order valence-electron chi connectivity index (χ4n) is 2.23. The lowest BCUT2D eigenvalue weighted by Gasteiger charge is -2.09. The first-order valence-electron chi connectivity index (χ1n) is 7.75. The number of nitrogens with zero attached hydrogens (tertiary/aromatic N) is 2. The lowest BCUT2D eigenvalue weighted by atomic mass is 10.1. The van der Waals surface area contributed by atoms with E-state index in [4.69, 9.17) is 0 Å². The predicted octanol–water partition coefficient (Wildman–Crippen LogP) is 4.23. The number of aromatic nitrogens is 2. The highest BCUT2D eigenvalue weighted by molar-refractivity contribution is 6.02. The molecule has 0 spiro atoms. The first kappa shape index (κ1) is 16.6. The Kier molecular flexibility index (Phi) is 4.70. The van der Waals surface area contributed by atoms with E-state index in [9.17, 15) is 9.18 Å². The Balaban J connectivity index is 1.70. The maximum atomic E-state index is 13.6. The summed E-state index contributed by atoms with van der Waals surface area (Å²) in [5, 5.41) is 5.60. The van der Waals surface area contributed by atoms with Crippen LogP contribution < -0.4 is 10.6 Å². The van der Waals surface area contributed by atoms with E-state index in [0.29, 0.717) is 5.82 Å². The minimum Gasteiger partial charge on any atom is -0.339 e. The highest BCUT2D eigenvalue weighted by Crippen LogP contribution is 2.18. The standard InChI is InChI=1S/C19H17FN4O/c1-12-7-8-14(9-13(12)2)23-18-11-21-17(10-22-18)19(25)24-16-6-4-3-5-15(16)20/h3-11H,1-2H3,(H,22,23)(H,24,25). The summed E-state index contributed by atoms with van der Waals surface area (Å²) in [4.78, 5) is 20.4. The Morgan fingerprint density at radius 2 is 1.80 bits per heavy atom. The SMILES string of the molecule is Cc1ccc(Nc2cnc(C(=O)Nc3ccccc3F)cn2)cc1C. The normalized spacial score (nSPS) is 10.4. The third-order valence-electron chi connectivity index (χ3n) is 3.79. The average molecular weight is 336 g/mol. The highest BCUT2D eigenvalue weighted by Gasteiger charge is 2.11. The van der Waals surface area contributed by atoms with E-state index in [2.05, 4.69) is 20.6 Å². The molecule has 0 aliphatic carbocycles. The van der Waals surface area contributed by atoms with Gasteiger partial charge in [0.05, 0.1) is 18.1 Å². The number of hydrogen-bond acceptors (Lipinski definition) is 4. The summed E-state index contributed by atoms with van der Waals surface area (Å²) in [6.45, 7) is 4.07. The fourth-order valence-corrected chi connectivity index (χ4v) is 2.23. The summed E-state index contributed by atoms with van der Waals surface area (Å²) in [6.07, 6.45) is 2.81. The molecule has 126 valence electrons. The van der Waals surface area contributed by atoms with Crippen LogP contribution in [0.2, 0.25) is 0 Å². The number of carbonyl (C=O) groups is 1. The molecule has 2 aromatic carbocycles. The topological polar surface area (TPSA) is 66.9 Å². The molecule has 0 unspecified atom stereocenters. The minimum absolute atomic E-state index is 0.103. The summed E-state index contributed by atoms with van der Waals surface area (Å²) in [6, 6.07) is 11.9. The number of para-hydroxylation sites is 1. The summed E-state index contributed by atoms with van der Waals surface area (Å²) in [7, 11) is 0. The van der Waals surface area contributed by atoms with Crippen molar-refractivity contribution in [1.29, 1.82) is 0 Å². The van der Waals surface area contributed by atoms with E-state index < -0.39 is 11.7 Å². The molecular weight excluding hydrogens is 319 g/mol. The Bertz CT molecular complexity index is 910. The van der Waals surface area contributed by atoms with Gasteiger partial charge in [-0.05, 0) is 49.2 Å². The van der Waals surface area contributed by atoms with E-state index >= 15 is 0 Å². The van der Waals surface area contributed by atoms with Crippen LogP contribution in [0.4, 0.5) is 21.6 Å². The van der Waals surface area contributed by atoms with Crippen LogP contribution in [-0.4, -0.2) is 15.9 Å². The molecule has 2 N–H and O–H groups in total. The van der Waals surface area contributed by atoms with Crippen molar-refractivity contribution in [3.63, 3.8) is 0 Å². The predicted molar refractivity (Wildman–Crippen MR) is 95.6 cm³/mol. The van der Waals surface area contributed by atoms with Gasteiger partial charge in [0.15, 0.2) is 0 Å². The van der Waals surface area contributed by atoms with Gasteiger partial charge in [-0.3, -0.25) is 4.79 Å². The molecule has 3 rings (SSSR count). The number of rotatable bonds is 4. The van der Waals surface area contributed by atoms with E-state index in [1.54, 1.807) is 12.1 Å². The molecule has 0 atom stereocenters. The fraction of sp³-hybridized carbons (Fsp3) is 0.105. The van der Waals surface area contributed by atoms with Crippen molar-refractivity contribution in [3.05, 3.63) is 77.5 Å². The van der Waals surface area contributed by atoms with Crippen molar-refractivity contribution in [1.82, 2.24) is 9.97 Å². The molecule has 3 aromatic rings. The number of carbonyl (C=O) groups excluding carboxylic acids is 1. The molecule has 0 saturated carbocycles. The maximum absolute atomic E-state index is 13.6. The molecule has 0 fully saturated rings. The summed E-state index contributed by atoms with van der Waals surface area (Å²) >= 11 is 0. The van der Waals surface area contributed by atoms with Crippen molar-refractivity contribution in [3.8, 4) is 0 Å². The zero-order chi connectivity index (χ0) is 17.8. The quantitative estimate of drug-likeness (QED) is 0.748. The van der Waals surface area contributed by atoms with E-state index in [0.717, 1.165) is 5.69 Å². The second kappa shape index (κ2) is 7.09. The molecule has 0 saturated heterocycles. The summed E-state index contributed by atoms with van der Waals surface area (Å²) < 4.78 is 13.6. The molecule has 0 aliphatic heterocycles. The van der Waals surface area contributed by atoms with Gasteiger partial charge in [0.1, 0.15) is 17.3 Å². The zero-order valence-corrected chi connectivity index (χ0v) is 13.9. The summed E-state index contributed by atoms with van der Waals surface area (Å²) in [5.74, 6) is -0.502. The molecule has 6 heteroatoms. The van der Waals surface area contributed by atoms with Gasteiger partial charge in [0.2, 0.25) is 0 Å². The van der Waals surface area contributed by atoms with Crippen molar-refractivity contribution in [2.45, 2.75) is 13.8 Å². The zero-order valence-electron chi connectivity index (χ0n) is 13.9. The van der Waals surface area contributed by atoms with Crippen LogP contribution in [0.3, 0.4) is 0 Å². The van der Waals surface area contributed by atoms with E-state index in [1.165, 1.54) is 35.7 Å². The van der Waals surface area contributed by atoms with Gasteiger partial charge in [-0.25, -0.2) is 14.4 Å². The molecule has 0 radical (unpaired) electrons. The lowest BCUT2D eigenvalue weighted by Crippen LogP contribution is -2.15. The Morgan fingerprint density at radius 1 is 1.00 bits per heavy atom. The molecule has 0 bridgehead atoms.